The van der Waals surface area contributed by atoms with Crippen molar-refractivity contribution in [3.63, 3.8) is 0 Å². The van der Waals surface area contributed by atoms with Crippen molar-refractivity contribution in [2.45, 2.75) is 45.4 Å². The van der Waals surface area contributed by atoms with Crippen LogP contribution < -0.4 is 0 Å². The van der Waals surface area contributed by atoms with Gasteiger partial charge in [-0.05, 0) is 24.3 Å². The topological polar surface area (TPSA) is 20.2 Å². The standard InChI is InChI=1S/C15H24O/c1-2-3-4-6-11-15(13-16)12-14-9-7-5-8-10-14/h5,7-10,15-16H,2-4,6,11-13H2,1H3/t15-/m1/s1. The number of aliphatic hydroxyl groups excluding tert-OH is 1. The molecule has 0 saturated heterocycles. The first kappa shape index (κ1) is 13.2. The van der Waals surface area contributed by atoms with Crippen LogP contribution in [0, 0.1) is 5.92 Å². The van der Waals surface area contributed by atoms with Gasteiger partial charge in [0.2, 0.25) is 0 Å². The van der Waals surface area contributed by atoms with Crippen molar-refractivity contribution in [2.24, 2.45) is 5.92 Å². The summed E-state index contributed by atoms with van der Waals surface area (Å²) in [4.78, 5) is 0. The highest BCUT2D eigenvalue weighted by atomic mass is 16.3. The molecule has 0 heterocycles. The summed E-state index contributed by atoms with van der Waals surface area (Å²) in [5, 5.41) is 9.34. The second kappa shape index (κ2) is 8.35. The van der Waals surface area contributed by atoms with Gasteiger partial charge in [-0.2, -0.15) is 0 Å². The summed E-state index contributed by atoms with van der Waals surface area (Å²) in [6.07, 6.45) is 7.34. The van der Waals surface area contributed by atoms with Crippen LogP contribution in [0.1, 0.15) is 44.6 Å². The van der Waals surface area contributed by atoms with E-state index in [9.17, 15) is 5.11 Å². The fourth-order valence-corrected chi connectivity index (χ4v) is 2.07. The van der Waals surface area contributed by atoms with E-state index in [0.717, 1.165) is 12.8 Å². The van der Waals surface area contributed by atoms with E-state index in [1.165, 1.54) is 31.2 Å². The van der Waals surface area contributed by atoms with E-state index in [1.54, 1.807) is 0 Å². The van der Waals surface area contributed by atoms with Crippen molar-refractivity contribution >= 4 is 0 Å². The molecule has 0 aromatic heterocycles. The first-order chi connectivity index (χ1) is 7.86. The van der Waals surface area contributed by atoms with E-state index in [0.29, 0.717) is 12.5 Å². The Bertz CT molecular complexity index is 255. The Labute approximate surface area is 99.5 Å². The predicted octanol–water partition coefficient (Wildman–Crippen LogP) is 3.81. The lowest BCUT2D eigenvalue weighted by Crippen LogP contribution is -2.09. The van der Waals surface area contributed by atoms with Gasteiger partial charge in [-0.1, -0.05) is 62.9 Å². The van der Waals surface area contributed by atoms with E-state index in [2.05, 4.69) is 31.2 Å². The molecule has 0 spiro atoms. The van der Waals surface area contributed by atoms with Crippen molar-refractivity contribution < 1.29 is 5.11 Å². The van der Waals surface area contributed by atoms with Crippen molar-refractivity contribution in [1.29, 1.82) is 0 Å². The molecular formula is C15H24O. The van der Waals surface area contributed by atoms with Crippen molar-refractivity contribution in [2.75, 3.05) is 6.61 Å². The molecule has 0 unspecified atom stereocenters. The van der Waals surface area contributed by atoms with E-state index in [1.807, 2.05) is 6.07 Å². The summed E-state index contributed by atoms with van der Waals surface area (Å²) >= 11 is 0. The molecule has 1 aromatic carbocycles. The summed E-state index contributed by atoms with van der Waals surface area (Å²) < 4.78 is 0. The zero-order valence-electron chi connectivity index (χ0n) is 10.4. The average Bonchev–Trinajstić information content (AvgIpc) is 2.34. The van der Waals surface area contributed by atoms with Crippen LogP contribution in [0.2, 0.25) is 0 Å². The van der Waals surface area contributed by atoms with Crippen LogP contribution in [0.4, 0.5) is 0 Å². The van der Waals surface area contributed by atoms with Crippen LogP contribution >= 0.6 is 0 Å². The predicted molar refractivity (Wildman–Crippen MR) is 69.5 cm³/mol. The van der Waals surface area contributed by atoms with Gasteiger partial charge in [-0.15, -0.1) is 0 Å². The first-order valence-corrected chi connectivity index (χ1v) is 6.51. The number of unbranched alkanes of at least 4 members (excludes halogenated alkanes) is 3. The molecule has 0 radical (unpaired) electrons. The average molecular weight is 220 g/mol. The maximum absolute atomic E-state index is 9.34. The van der Waals surface area contributed by atoms with Gasteiger partial charge in [-0.3, -0.25) is 0 Å². The van der Waals surface area contributed by atoms with Crippen LogP contribution in [0.3, 0.4) is 0 Å². The Hall–Kier alpha value is -0.820. The third-order valence-corrected chi connectivity index (χ3v) is 3.09. The summed E-state index contributed by atoms with van der Waals surface area (Å²) in [6, 6.07) is 10.5. The molecule has 1 rings (SSSR count). The van der Waals surface area contributed by atoms with Crippen molar-refractivity contribution in [1.82, 2.24) is 0 Å². The minimum Gasteiger partial charge on any atom is -0.396 e. The molecule has 0 saturated carbocycles. The van der Waals surface area contributed by atoms with E-state index in [-0.39, 0.29) is 0 Å². The van der Waals surface area contributed by atoms with Gasteiger partial charge in [0.1, 0.15) is 0 Å². The maximum atomic E-state index is 9.34. The van der Waals surface area contributed by atoms with E-state index < -0.39 is 0 Å². The third-order valence-electron chi connectivity index (χ3n) is 3.09. The van der Waals surface area contributed by atoms with Crippen LogP contribution in [-0.4, -0.2) is 11.7 Å². The molecule has 0 aliphatic rings. The molecule has 1 heteroatoms. The zero-order valence-corrected chi connectivity index (χ0v) is 10.4. The zero-order chi connectivity index (χ0) is 11.6. The quantitative estimate of drug-likeness (QED) is 0.660. The highest BCUT2D eigenvalue weighted by molar-refractivity contribution is 5.15. The number of benzene rings is 1. The molecule has 16 heavy (non-hydrogen) atoms. The van der Waals surface area contributed by atoms with Crippen LogP contribution in [0.5, 0.6) is 0 Å². The maximum Gasteiger partial charge on any atom is 0.0462 e. The molecule has 1 N–H and O–H groups in total. The largest absolute Gasteiger partial charge is 0.396 e. The van der Waals surface area contributed by atoms with Gasteiger partial charge in [0.15, 0.2) is 0 Å². The Morgan fingerprint density at radius 2 is 1.81 bits per heavy atom. The number of hydrogen-bond acceptors (Lipinski definition) is 1. The lowest BCUT2D eigenvalue weighted by molar-refractivity contribution is 0.214. The molecule has 0 bridgehead atoms. The molecule has 90 valence electrons. The minimum atomic E-state index is 0.320. The summed E-state index contributed by atoms with van der Waals surface area (Å²) in [5.41, 5.74) is 1.34. The van der Waals surface area contributed by atoms with Gasteiger partial charge in [0.05, 0.1) is 0 Å². The first-order valence-electron chi connectivity index (χ1n) is 6.51. The monoisotopic (exact) mass is 220 g/mol. The molecule has 0 fully saturated rings. The Kier molecular flexibility index (Phi) is 6.91. The normalized spacial score (nSPS) is 12.6. The molecular weight excluding hydrogens is 196 g/mol. The number of rotatable bonds is 8. The van der Waals surface area contributed by atoms with Crippen molar-refractivity contribution in [3.05, 3.63) is 35.9 Å². The van der Waals surface area contributed by atoms with Crippen LogP contribution in [0.15, 0.2) is 30.3 Å². The summed E-state index contributed by atoms with van der Waals surface area (Å²) in [6.45, 7) is 2.55. The molecule has 1 atom stereocenters. The second-order valence-electron chi connectivity index (χ2n) is 4.59. The minimum absolute atomic E-state index is 0.320. The van der Waals surface area contributed by atoms with Gasteiger partial charge < -0.3 is 5.11 Å². The third kappa shape index (κ3) is 5.32. The van der Waals surface area contributed by atoms with Crippen molar-refractivity contribution in [3.8, 4) is 0 Å². The van der Waals surface area contributed by atoms with Gasteiger partial charge in [0.25, 0.3) is 0 Å². The van der Waals surface area contributed by atoms with Crippen LogP contribution in [0.25, 0.3) is 0 Å². The van der Waals surface area contributed by atoms with Gasteiger partial charge in [0, 0.05) is 6.61 Å². The van der Waals surface area contributed by atoms with E-state index >= 15 is 0 Å². The summed E-state index contributed by atoms with van der Waals surface area (Å²) in [7, 11) is 0. The Balaban J connectivity index is 2.26. The molecule has 1 nitrogen and oxygen atoms in total. The smallest absolute Gasteiger partial charge is 0.0462 e. The highest BCUT2D eigenvalue weighted by Crippen LogP contribution is 2.15. The molecule has 0 aliphatic carbocycles. The Morgan fingerprint density at radius 1 is 1.06 bits per heavy atom. The van der Waals surface area contributed by atoms with Crippen LogP contribution in [-0.2, 0) is 6.42 Å². The Morgan fingerprint density at radius 3 is 2.44 bits per heavy atom. The SMILES string of the molecule is CCCCCC[C@@H](CO)Cc1ccccc1. The second-order valence-corrected chi connectivity index (χ2v) is 4.59. The fourth-order valence-electron chi connectivity index (χ4n) is 2.07. The lowest BCUT2D eigenvalue weighted by atomic mass is 9.94. The van der Waals surface area contributed by atoms with E-state index in [4.69, 9.17) is 0 Å². The molecule has 0 aliphatic heterocycles. The fraction of sp³-hybridized carbons (Fsp3) is 0.600. The number of hydrogen-bond donors (Lipinski definition) is 1. The molecule has 0 amide bonds. The lowest BCUT2D eigenvalue weighted by Gasteiger charge is -2.13. The summed E-state index contributed by atoms with van der Waals surface area (Å²) in [5.74, 6) is 0.444. The van der Waals surface area contributed by atoms with Gasteiger partial charge in [-0.25, -0.2) is 0 Å². The van der Waals surface area contributed by atoms with Gasteiger partial charge >= 0.3 is 0 Å². The molecule has 1 aromatic rings. The number of aliphatic hydroxyl groups is 1. The highest BCUT2D eigenvalue weighted by Gasteiger charge is 2.07.